The predicted molar refractivity (Wildman–Crippen MR) is 71.5 cm³/mol. The number of rotatable bonds is 5. The molecule has 1 amide bonds. The minimum absolute atomic E-state index is 0.282. The number of halogens is 2. The second kappa shape index (κ2) is 5.97. The van der Waals surface area contributed by atoms with Crippen molar-refractivity contribution >= 4 is 15.9 Å². The van der Waals surface area contributed by atoms with Crippen LogP contribution in [0.4, 0.5) is 8.78 Å². The van der Waals surface area contributed by atoms with E-state index in [9.17, 15) is 22.0 Å². The van der Waals surface area contributed by atoms with Crippen LogP contribution < -0.4 is 9.46 Å². The zero-order valence-electron chi connectivity index (χ0n) is 11.4. The van der Waals surface area contributed by atoms with Gasteiger partial charge in [-0.25, -0.2) is 21.9 Å². The molecule has 0 heterocycles. The highest BCUT2D eigenvalue weighted by Gasteiger charge is 2.22. The molecule has 1 aromatic rings. The molecule has 0 saturated heterocycles. The van der Waals surface area contributed by atoms with E-state index in [-0.39, 0.29) is 5.75 Å². The molecule has 0 aromatic heterocycles. The fourth-order valence-electron chi connectivity index (χ4n) is 1.90. The van der Waals surface area contributed by atoms with Crippen LogP contribution in [0, 0.1) is 17.6 Å². The van der Waals surface area contributed by atoms with Crippen LogP contribution in [0.15, 0.2) is 12.1 Å². The summed E-state index contributed by atoms with van der Waals surface area (Å²) in [5.74, 6) is -3.11. The van der Waals surface area contributed by atoms with E-state index in [1.807, 2.05) is 0 Å². The van der Waals surface area contributed by atoms with Gasteiger partial charge in [0.25, 0.3) is 5.91 Å². The van der Waals surface area contributed by atoms with Gasteiger partial charge in [0.05, 0.1) is 18.4 Å². The van der Waals surface area contributed by atoms with E-state index < -0.39 is 33.1 Å². The number of benzene rings is 1. The van der Waals surface area contributed by atoms with Gasteiger partial charge in [-0.15, -0.1) is 0 Å². The Balaban J connectivity index is 2.13. The Bertz CT molecular complexity index is 656. The van der Waals surface area contributed by atoms with Gasteiger partial charge in [-0.1, -0.05) is 6.42 Å². The van der Waals surface area contributed by atoms with E-state index in [0.717, 1.165) is 31.6 Å². The Morgan fingerprint density at radius 2 is 2.00 bits per heavy atom. The third-order valence-corrected chi connectivity index (χ3v) is 3.80. The smallest absolute Gasteiger partial charge is 0.267 e. The minimum Gasteiger partial charge on any atom is -0.490 e. The monoisotopic (exact) mass is 319 g/mol. The highest BCUT2D eigenvalue weighted by Crippen LogP contribution is 2.28. The van der Waals surface area contributed by atoms with Crippen molar-refractivity contribution in [3.63, 3.8) is 0 Å². The van der Waals surface area contributed by atoms with Crippen LogP contribution in [0.25, 0.3) is 0 Å². The maximum absolute atomic E-state index is 13.8. The summed E-state index contributed by atoms with van der Waals surface area (Å²) < 4.78 is 56.2. The molecular weight excluding hydrogens is 304 g/mol. The number of hydrogen-bond donors (Lipinski definition) is 1. The van der Waals surface area contributed by atoms with Gasteiger partial charge in [0.15, 0.2) is 11.6 Å². The molecule has 0 atom stereocenters. The lowest BCUT2D eigenvalue weighted by atomic mass is 9.86. The normalized spacial score (nSPS) is 15.4. The number of amides is 1. The summed E-state index contributed by atoms with van der Waals surface area (Å²) in [6, 6.07) is 1.39. The summed E-state index contributed by atoms with van der Waals surface area (Å²) in [6.07, 6.45) is 3.85. The van der Waals surface area contributed by atoms with E-state index in [2.05, 4.69) is 0 Å². The predicted octanol–water partition coefficient (Wildman–Crippen LogP) is 1.83. The minimum atomic E-state index is -3.85. The average molecular weight is 319 g/mol. The summed E-state index contributed by atoms with van der Waals surface area (Å²) in [7, 11) is -3.85. The second-order valence-electron chi connectivity index (χ2n) is 5.07. The number of carbonyl (C=O) groups excluding carboxylic acids is 1. The number of carbonyl (C=O) groups is 1. The molecule has 1 fully saturated rings. The first kappa shape index (κ1) is 15.7. The number of sulfonamides is 1. The average Bonchev–Trinajstić information content (AvgIpc) is 2.28. The van der Waals surface area contributed by atoms with Gasteiger partial charge in [0.1, 0.15) is 5.82 Å². The first-order chi connectivity index (χ1) is 9.76. The van der Waals surface area contributed by atoms with E-state index >= 15 is 0 Å². The zero-order valence-corrected chi connectivity index (χ0v) is 12.2. The molecule has 0 aliphatic heterocycles. The first-order valence-corrected chi connectivity index (χ1v) is 8.29. The van der Waals surface area contributed by atoms with E-state index in [1.54, 1.807) is 4.72 Å². The molecule has 1 saturated carbocycles. The summed E-state index contributed by atoms with van der Waals surface area (Å²) >= 11 is 0. The molecule has 1 aromatic carbocycles. The van der Waals surface area contributed by atoms with Crippen molar-refractivity contribution in [2.75, 3.05) is 12.9 Å². The highest BCUT2D eigenvalue weighted by atomic mass is 32.2. The molecule has 0 spiro atoms. The highest BCUT2D eigenvalue weighted by molar-refractivity contribution is 7.89. The lowest BCUT2D eigenvalue weighted by Gasteiger charge is -2.25. The van der Waals surface area contributed by atoms with E-state index in [1.165, 1.54) is 0 Å². The fraction of sp³-hybridized carbons (Fsp3) is 0.462. The summed E-state index contributed by atoms with van der Waals surface area (Å²) in [5, 5.41) is 0. The van der Waals surface area contributed by atoms with Crippen LogP contribution in [0.2, 0.25) is 0 Å². The van der Waals surface area contributed by atoms with Crippen LogP contribution in [-0.4, -0.2) is 27.2 Å². The van der Waals surface area contributed by atoms with Crippen molar-refractivity contribution in [1.29, 1.82) is 0 Å². The van der Waals surface area contributed by atoms with Gasteiger partial charge >= 0.3 is 0 Å². The molecule has 1 aliphatic rings. The molecule has 0 radical (unpaired) electrons. The standard InChI is InChI=1S/C13H15F2NO4S/c1-21(18,19)16-13(17)9-5-11(15)12(6-10(9)14)20-7-8-3-2-4-8/h5-6,8H,2-4,7H2,1H3,(H,16,17). The lowest BCUT2D eigenvalue weighted by molar-refractivity contribution is 0.0977. The Labute approximate surface area is 121 Å². The van der Waals surface area contributed by atoms with Crippen LogP contribution >= 0.6 is 0 Å². The van der Waals surface area contributed by atoms with Crippen LogP contribution in [0.3, 0.4) is 0 Å². The molecule has 5 nitrogen and oxygen atoms in total. The zero-order chi connectivity index (χ0) is 15.6. The van der Waals surface area contributed by atoms with E-state index in [0.29, 0.717) is 18.6 Å². The van der Waals surface area contributed by atoms with Crippen molar-refractivity contribution in [2.45, 2.75) is 19.3 Å². The quantitative estimate of drug-likeness (QED) is 0.899. The Kier molecular flexibility index (Phi) is 4.46. The van der Waals surface area contributed by atoms with Crippen molar-refractivity contribution in [3.05, 3.63) is 29.3 Å². The molecule has 0 bridgehead atoms. The van der Waals surface area contributed by atoms with Gasteiger partial charge in [0, 0.05) is 6.07 Å². The summed E-state index contributed by atoms with van der Waals surface area (Å²) in [4.78, 5) is 11.5. The molecule has 0 unspecified atom stereocenters. The molecule has 21 heavy (non-hydrogen) atoms. The van der Waals surface area contributed by atoms with Gasteiger partial charge in [-0.05, 0) is 24.8 Å². The Morgan fingerprint density at radius 3 is 2.52 bits per heavy atom. The Hall–Kier alpha value is -1.70. The molecule has 1 N–H and O–H groups in total. The van der Waals surface area contributed by atoms with Gasteiger partial charge < -0.3 is 4.74 Å². The molecular formula is C13H15F2NO4S. The number of ether oxygens (including phenoxy) is 1. The van der Waals surface area contributed by atoms with Crippen molar-refractivity contribution in [1.82, 2.24) is 4.72 Å². The maximum Gasteiger partial charge on any atom is 0.267 e. The van der Waals surface area contributed by atoms with Crippen LogP contribution in [-0.2, 0) is 10.0 Å². The molecule has 1 aliphatic carbocycles. The van der Waals surface area contributed by atoms with Crippen LogP contribution in [0.5, 0.6) is 5.75 Å². The van der Waals surface area contributed by atoms with Gasteiger partial charge in [0.2, 0.25) is 10.0 Å². The van der Waals surface area contributed by atoms with Crippen molar-refractivity contribution < 1.29 is 26.7 Å². The molecule has 8 heteroatoms. The Morgan fingerprint density at radius 1 is 1.33 bits per heavy atom. The van der Waals surface area contributed by atoms with E-state index in [4.69, 9.17) is 4.74 Å². The molecule has 2 rings (SSSR count). The maximum atomic E-state index is 13.8. The van der Waals surface area contributed by atoms with Gasteiger partial charge in [-0.3, -0.25) is 4.79 Å². The number of hydrogen-bond acceptors (Lipinski definition) is 4. The van der Waals surface area contributed by atoms with Crippen LogP contribution in [0.1, 0.15) is 29.6 Å². The van der Waals surface area contributed by atoms with Crippen molar-refractivity contribution in [2.24, 2.45) is 5.92 Å². The third-order valence-electron chi connectivity index (χ3n) is 3.24. The summed E-state index contributed by atoms with van der Waals surface area (Å²) in [5.41, 5.74) is -0.686. The third kappa shape index (κ3) is 4.13. The largest absolute Gasteiger partial charge is 0.490 e. The van der Waals surface area contributed by atoms with Crippen molar-refractivity contribution in [3.8, 4) is 5.75 Å². The second-order valence-corrected chi connectivity index (χ2v) is 6.82. The fourth-order valence-corrected chi connectivity index (χ4v) is 2.35. The molecule has 116 valence electrons. The summed E-state index contributed by atoms with van der Waals surface area (Å²) in [6.45, 7) is 0.297. The topological polar surface area (TPSA) is 72.5 Å². The van der Waals surface area contributed by atoms with Gasteiger partial charge in [-0.2, -0.15) is 0 Å². The SMILES string of the molecule is CS(=O)(=O)NC(=O)c1cc(F)c(OCC2CCC2)cc1F. The lowest BCUT2D eigenvalue weighted by Crippen LogP contribution is -2.30. The first-order valence-electron chi connectivity index (χ1n) is 6.40. The number of nitrogens with one attached hydrogen (secondary N) is 1.